The van der Waals surface area contributed by atoms with Gasteiger partial charge in [-0.1, -0.05) is 49.1 Å². The van der Waals surface area contributed by atoms with Crippen molar-refractivity contribution in [2.75, 3.05) is 11.1 Å². The van der Waals surface area contributed by atoms with E-state index in [1.165, 1.54) is 42.2 Å². The standard InChI is InChI=1S/C17H21FN4O2S2/c1-10(2)15(11(3)23)20-14(24)9-25-17-22-21-16(26-17)19-8-12-4-6-13(18)7-5-12/h4-7,10,15H,8-9H2,1-3H3,(H,19,21)(H,20,24). The van der Waals surface area contributed by atoms with Crippen LogP contribution in [0.25, 0.3) is 0 Å². The van der Waals surface area contributed by atoms with E-state index in [1.807, 2.05) is 13.8 Å². The summed E-state index contributed by atoms with van der Waals surface area (Å²) in [6, 6.07) is 5.74. The van der Waals surface area contributed by atoms with Crippen LogP contribution < -0.4 is 10.6 Å². The number of hydrogen-bond acceptors (Lipinski definition) is 7. The van der Waals surface area contributed by atoms with E-state index in [1.54, 1.807) is 12.1 Å². The van der Waals surface area contributed by atoms with E-state index in [4.69, 9.17) is 0 Å². The van der Waals surface area contributed by atoms with Crippen molar-refractivity contribution < 1.29 is 14.0 Å². The van der Waals surface area contributed by atoms with Gasteiger partial charge in [-0.15, -0.1) is 10.2 Å². The average Bonchev–Trinajstić information content (AvgIpc) is 3.05. The quantitative estimate of drug-likeness (QED) is 0.634. The Morgan fingerprint density at radius 2 is 1.92 bits per heavy atom. The van der Waals surface area contributed by atoms with Crippen LogP contribution in [0.2, 0.25) is 0 Å². The van der Waals surface area contributed by atoms with Gasteiger partial charge in [0.25, 0.3) is 0 Å². The number of benzene rings is 1. The summed E-state index contributed by atoms with van der Waals surface area (Å²) in [5, 5.41) is 14.5. The molecule has 2 N–H and O–H groups in total. The molecule has 140 valence electrons. The molecule has 1 aromatic carbocycles. The fourth-order valence-electron chi connectivity index (χ4n) is 2.20. The number of thioether (sulfide) groups is 1. The second kappa shape index (κ2) is 9.63. The minimum Gasteiger partial charge on any atom is -0.356 e. The molecule has 1 amide bonds. The van der Waals surface area contributed by atoms with Crippen LogP contribution in [0, 0.1) is 11.7 Å². The van der Waals surface area contributed by atoms with E-state index in [-0.39, 0.29) is 29.2 Å². The third kappa shape index (κ3) is 6.38. The third-order valence-electron chi connectivity index (χ3n) is 3.51. The molecule has 6 nitrogen and oxygen atoms in total. The van der Waals surface area contributed by atoms with Gasteiger partial charge in [0.2, 0.25) is 11.0 Å². The lowest BCUT2D eigenvalue weighted by molar-refractivity contribution is -0.126. The van der Waals surface area contributed by atoms with Crippen molar-refractivity contribution in [2.45, 2.75) is 37.7 Å². The Morgan fingerprint density at radius 1 is 1.23 bits per heavy atom. The maximum atomic E-state index is 12.9. The van der Waals surface area contributed by atoms with Crippen LogP contribution in [-0.4, -0.2) is 33.7 Å². The van der Waals surface area contributed by atoms with E-state index in [0.29, 0.717) is 16.0 Å². The molecule has 0 aliphatic carbocycles. The first kappa shape index (κ1) is 20.3. The summed E-state index contributed by atoms with van der Waals surface area (Å²) >= 11 is 2.61. The van der Waals surface area contributed by atoms with E-state index in [0.717, 1.165) is 5.56 Å². The number of hydrogen-bond donors (Lipinski definition) is 2. The van der Waals surface area contributed by atoms with Crippen molar-refractivity contribution in [1.29, 1.82) is 0 Å². The predicted octanol–water partition coefficient (Wildman–Crippen LogP) is 3.11. The van der Waals surface area contributed by atoms with Crippen molar-refractivity contribution in [2.24, 2.45) is 5.92 Å². The van der Waals surface area contributed by atoms with Gasteiger partial charge in [-0.2, -0.15) is 0 Å². The van der Waals surface area contributed by atoms with Gasteiger partial charge >= 0.3 is 0 Å². The van der Waals surface area contributed by atoms with Crippen LogP contribution in [0.3, 0.4) is 0 Å². The monoisotopic (exact) mass is 396 g/mol. The summed E-state index contributed by atoms with van der Waals surface area (Å²) in [7, 11) is 0. The lowest BCUT2D eigenvalue weighted by atomic mass is 10.0. The lowest BCUT2D eigenvalue weighted by Gasteiger charge is -2.19. The number of rotatable bonds is 9. The van der Waals surface area contributed by atoms with Crippen LogP contribution in [0.4, 0.5) is 9.52 Å². The maximum absolute atomic E-state index is 12.9. The van der Waals surface area contributed by atoms with Gasteiger partial charge in [0.15, 0.2) is 10.1 Å². The zero-order valence-electron chi connectivity index (χ0n) is 14.8. The smallest absolute Gasteiger partial charge is 0.231 e. The minimum absolute atomic E-state index is 0.0465. The summed E-state index contributed by atoms with van der Waals surface area (Å²) < 4.78 is 13.5. The lowest BCUT2D eigenvalue weighted by Crippen LogP contribution is -2.44. The first-order chi connectivity index (χ1) is 12.3. The van der Waals surface area contributed by atoms with Gasteiger partial charge in [-0.25, -0.2) is 4.39 Å². The molecule has 1 aromatic heterocycles. The number of nitrogens with one attached hydrogen (secondary N) is 2. The van der Waals surface area contributed by atoms with Crippen molar-refractivity contribution in [3.8, 4) is 0 Å². The molecule has 0 radical (unpaired) electrons. The highest BCUT2D eigenvalue weighted by Gasteiger charge is 2.20. The predicted molar refractivity (Wildman–Crippen MR) is 102 cm³/mol. The second-order valence-electron chi connectivity index (χ2n) is 6.04. The number of aromatic nitrogens is 2. The number of carbonyl (C=O) groups is 2. The molecule has 1 atom stereocenters. The van der Waals surface area contributed by atoms with E-state index < -0.39 is 6.04 Å². The summed E-state index contributed by atoms with van der Waals surface area (Å²) in [5.41, 5.74) is 0.930. The third-order valence-corrected chi connectivity index (χ3v) is 5.53. The largest absolute Gasteiger partial charge is 0.356 e. The molecule has 0 aliphatic heterocycles. The van der Waals surface area contributed by atoms with Crippen LogP contribution in [0.5, 0.6) is 0 Å². The van der Waals surface area contributed by atoms with Crippen molar-refractivity contribution >= 4 is 39.9 Å². The van der Waals surface area contributed by atoms with Crippen molar-refractivity contribution in [3.05, 3.63) is 35.6 Å². The van der Waals surface area contributed by atoms with Gasteiger partial charge in [0.1, 0.15) is 5.82 Å². The Labute approximate surface area is 160 Å². The highest BCUT2D eigenvalue weighted by Crippen LogP contribution is 2.25. The molecule has 9 heteroatoms. The second-order valence-corrected chi connectivity index (χ2v) is 8.24. The van der Waals surface area contributed by atoms with Crippen LogP contribution in [-0.2, 0) is 16.1 Å². The van der Waals surface area contributed by atoms with Crippen LogP contribution >= 0.6 is 23.1 Å². The van der Waals surface area contributed by atoms with E-state index in [9.17, 15) is 14.0 Å². The SMILES string of the molecule is CC(=O)C(NC(=O)CSc1nnc(NCc2ccc(F)cc2)s1)C(C)C. The normalized spacial score (nSPS) is 12.0. The van der Waals surface area contributed by atoms with Gasteiger partial charge in [0.05, 0.1) is 11.8 Å². The molecular formula is C17H21FN4O2S2. The summed E-state index contributed by atoms with van der Waals surface area (Å²) in [5.74, 6) is -0.318. The number of anilines is 1. The molecule has 2 rings (SSSR count). The van der Waals surface area contributed by atoms with Gasteiger partial charge in [-0.3, -0.25) is 9.59 Å². The Kier molecular flexibility index (Phi) is 7.52. The molecule has 0 saturated heterocycles. The zero-order chi connectivity index (χ0) is 19.1. The molecule has 0 aliphatic rings. The molecule has 2 aromatic rings. The topological polar surface area (TPSA) is 84.0 Å². The maximum Gasteiger partial charge on any atom is 0.231 e. The first-order valence-corrected chi connectivity index (χ1v) is 9.89. The summed E-state index contributed by atoms with van der Waals surface area (Å²) in [6.07, 6.45) is 0. The van der Waals surface area contributed by atoms with Gasteiger partial charge in [-0.05, 0) is 30.5 Å². The summed E-state index contributed by atoms with van der Waals surface area (Å²) in [4.78, 5) is 23.5. The van der Waals surface area contributed by atoms with Crippen LogP contribution in [0.15, 0.2) is 28.6 Å². The molecule has 0 fully saturated rings. The Morgan fingerprint density at radius 3 is 2.54 bits per heavy atom. The van der Waals surface area contributed by atoms with Gasteiger partial charge < -0.3 is 10.6 Å². The molecular weight excluding hydrogens is 375 g/mol. The van der Waals surface area contributed by atoms with Gasteiger partial charge in [0, 0.05) is 6.54 Å². The fraction of sp³-hybridized carbons (Fsp3) is 0.412. The number of amides is 1. The number of Topliss-reactive ketones (excluding diaryl/α,β-unsaturated/α-hetero) is 1. The number of ketones is 1. The Hall–Kier alpha value is -2.00. The first-order valence-electron chi connectivity index (χ1n) is 8.09. The molecule has 0 saturated carbocycles. The Bertz CT molecular complexity index is 749. The van der Waals surface area contributed by atoms with Crippen molar-refractivity contribution in [3.63, 3.8) is 0 Å². The molecule has 1 heterocycles. The number of carbonyl (C=O) groups excluding carboxylic acids is 2. The number of halogens is 1. The molecule has 26 heavy (non-hydrogen) atoms. The summed E-state index contributed by atoms with van der Waals surface area (Å²) in [6.45, 7) is 5.77. The molecule has 0 bridgehead atoms. The Balaban J connectivity index is 1.79. The van der Waals surface area contributed by atoms with Crippen LogP contribution in [0.1, 0.15) is 26.3 Å². The van der Waals surface area contributed by atoms with E-state index in [2.05, 4.69) is 20.8 Å². The molecule has 0 spiro atoms. The van der Waals surface area contributed by atoms with E-state index >= 15 is 0 Å². The highest BCUT2D eigenvalue weighted by molar-refractivity contribution is 8.01. The van der Waals surface area contributed by atoms with Crippen molar-refractivity contribution in [1.82, 2.24) is 15.5 Å². The fourth-order valence-corrected chi connectivity index (χ4v) is 3.76. The highest BCUT2D eigenvalue weighted by atomic mass is 32.2. The molecule has 1 unspecified atom stereocenters. The minimum atomic E-state index is -0.467. The average molecular weight is 397 g/mol. The zero-order valence-corrected chi connectivity index (χ0v) is 16.4. The number of nitrogens with zero attached hydrogens (tertiary/aromatic N) is 2.